The molecule has 9 heteroatoms. The van der Waals surface area contributed by atoms with Gasteiger partial charge in [0, 0.05) is 34.6 Å². The molecule has 0 atom stereocenters. The molecule has 0 spiro atoms. The number of rotatable bonds is 11. The van der Waals surface area contributed by atoms with Gasteiger partial charge < -0.3 is 0 Å². The van der Waals surface area contributed by atoms with Crippen molar-refractivity contribution in [3.8, 4) is 11.2 Å². The van der Waals surface area contributed by atoms with Crippen LogP contribution >= 0.6 is 0 Å². The first kappa shape index (κ1) is 19.1. The van der Waals surface area contributed by atoms with Crippen LogP contribution < -0.4 is 0 Å². The molecule has 0 aliphatic rings. The Morgan fingerprint density at radius 1 is 0.857 bits per heavy atom. The Hall–Kier alpha value is -1.87. The molecule has 0 radical (unpaired) electrons. The van der Waals surface area contributed by atoms with E-state index in [9.17, 15) is 8.42 Å². The maximum atomic E-state index is 11.6. The molecule has 0 fully saturated rings. The Balaban J connectivity index is 3.73. The van der Waals surface area contributed by atoms with Crippen molar-refractivity contribution in [2.75, 3.05) is 18.8 Å². The second-order valence-electron chi connectivity index (χ2n) is 4.38. The number of hydrogen-bond donors (Lipinski definition) is 0. The molecule has 21 heavy (non-hydrogen) atoms. The van der Waals surface area contributed by atoms with Crippen molar-refractivity contribution in [1.82, 2.24) is 0 Å². The van der Waals surface area contributed by atoms with Gasteiger partial charge in [-0.1, -0.05) is 29.0 Å². The average molecular weight is 312 g/mol. The summed E-state index contributed by atoms with van der Waals surface area (Å²) in [6.45, 7) is 0.875. The molecule has 0 aliphatic heterocycles. The second kappa shape index (κ2) is 13.1. The fraction of sp³-hybridized carbons (Fsp3) is 0.833. The van der Waals surface area contributed by atoms with Gasteiger partial charge in [-0.3, -0.25) is 0 Å². The van der Waals surface area contributed by atoms with Crippen molar-refractivity contribution in [2.45, 2.75) is 44.9 Å². The van der Waals surface area contributed by atoms with Gasteiger partial charge in [0.05, 0.1) is 5.75 Å². The number of unbranched alkanes of at least 4 members (excludes halogenated alkanes) is 5. The molecule has 116 valence electrons. The number of azide groups is 2. The lowest BCUT2D eigenvalue weighted by molar-refractivity contribution is 0.597. The summed E-state index contributed by atoms with van der Waals surface area (Å²) in [5.74, 6) is 2.71. The number of nitrogens with zero attached hydrogens (tertiary/aromatic N) is 6. The Bertz CT molecular complexity index is 536. The van der Waals surface area contributed by atoms with E-state index in [0.29, 0.717) is 32.4 Å². The van der Waals surface area contributed by atoms with Crippen LogP contribution in [0.4, 0.5) is 0 Å². The Labute approximate surface area is 125 Å². The predicted molar refractivity (Wildman–Crippen MR) is 81.9 cm³/mol. The van der Waals surface area contributed by atoms with Crippen molar-refractivity contribution < 1.29 is 8.42 Å². The van der Waals surface area contributed by atoms with Gasteiger partial charge in [-0.2, -0.15) is 0 Å². The zero-order chi connectivity index (χ0) is 15.8. The molecule has 0 heterocycles. The number of sulfone groups is 1. The summed E-state index contributed by atoms with van der Waals surface area (Å²) >= 11 is 0. The average Bonchev–Trinajstić information content (AvgIpc) is 2.45. The summed E-state index contributed by atoms with van der Waals surface area (Å²) in [4.78, 5) is 5.27. The van der Waals surface area contributed by atoms with Crippen LogP contribution in [0.2, 0.25) is 0 Å². The lowest BCUT2D eigenvalue weighted by Crippen LogP contribution is -2.02. The fourth-order valence-electron chi connectivity index (χ4n) is 1.53. The Morgan fingerprint density at radius 3 is 2.05 bits per heavy atom. The molecular weight excluding hydrogens is 292 g/mol. The molecule has 8 nitrogen and oxygen atoms in total. The van der Waals surface area contributed by atoms with Crippen LogP contribution in [0.25, 0.3) is 20.9 Å². The van der Waals surface area contributed by atoms with Gasteiger partial charge in [0.2, 0.25) is 9.84 Å². The van der Waals surface area contributed by atoms with Gasteiger partial charge in [0.15, 0.2) is 0 Å². The normalized spacial score (nSPS) is 9.90. The largest absolute Gasteiger partial charge is 0.216 e. The highest BCUT2D eigenvalue weighted by molar-refractivity contribution is 7.96. The summed E-state index contributed by atoms with van der Waals surface area (Å²) < 4.78 is 23.2. The van der Waals surface area contributed by atoms with Gasteiger partial charge in [-0.15, -0.1) is 0 Å². The van der Waals surface area contributed by atoms with E-state index >= 15 is 0 Å². The van der Waals surface area contributed by atoms with E-state index in [0.717, 1.165) is 25.7 Å². The third-order valence-corrected chi connectivity index (χ3v) is 3.87. The van der Waals surface area contributed by atoms with Crippen LogP contribution in [-0.2, 0) is 9.84 Å². The van der Waals surface area contributed by atoms with E-state index in [4.69, 9.17) is 11.1 Å². The quantitative estimate of drug-likeness (QED) is 0.144. The molecule has 0 bridgehead atoms. The van der Waals surface area contributed by atoms with Crippen molar-refractivity contribution >= 4 is 9.84 Å². The molecule has 0 amide bonds. The van der Waals surface area contributed by atoms with Crippen LogP contribution in [0.15, 0.2) is 10.2 Å². The van der Waals surface area contributed by atoms with E-state index in [2.05, 4.69) is 31.2 Å². The molecule has 0 aliphatic carbocycles. The van der Waals surface area contributed by atoms with Crippen LogP contribution in [0.5, 0.6) is 0 Å². The lowest BCUT2D eigenvalue weighted by Gasteiger charge is -1.98. The van der Waals surface area contributed by atoms with Crippen molar-refractivity contribution in [2.24, 2.45) is 10.2 Å². The van der Waals surface area contributed by atoms with Crippen LogP contribution in [0.1, 0.15) is 44.9 Å². The van der Waals surface area contributed by atoms with Gasteiger partial charge in [0.25, 0.3) is 0 Å². The van der Waals surface area contributed by atoms with Gasteiger partial charge >= 0.3 is 0 Å². The van der Waals surface area contributed by atoms with Crippen molar-refractivity contribution in [1.29, 1.82) is 0 Å². The molecular formula is C12H20N6O2S. The molecule has 0 unspecified atom stereocenters. The van der Waals surface area contributed by atoms with Crippen LogP contribution in [0, 0.1) is 11.2 Å². The molecule has 0 aromatic rings. The summed E-state index contributed by atoms with van der Waals surface area (Å²) in [5.41, 5.74) is 16.2. The van der Waals surface area contributed by atoms with E-state index < -0.39 is 9.84 Å². The molecule has 0 saturated heterocycles. The highest BCUT2D eigenvalue weighted by atomic mass is 32.2. The predicted octanol–water partition coefficient (Wildman–Crippen LogP) is 3.71. The third-order valence-electron chi connectivity index (χ3n) is 2.59. The highest BCUT2D eigenvalue weighted by Crippen LogP contribution is 2.03. The molecule has 0 N–H and O–H groups in total. The maximum Gasteiger partial charge on any atom is 0.216 e. The molecule has 0 rings (SSSR count). The monoisotopic (exact) mass is 312 g/mol. The Kier molecular flexibility index (Phi) is 12.0. The first-order chi connectivity index (χ1) is 10.1. The summed E-state index contributed by atoms with van der Waals surface area (Å²) in [6, 6.07) is 0. The number of hydrogen-bond acceptors (Lipinski definition) is 4. The summed E-state index contributed by atoms with van der Waals surface area (Å²) in [5, 5.41) is 9.10. The van der Waals surface area contributed by atoms with Gasteiger partial charge in [-0.25, -0.2) is 8.42 Å². The second-order valence-corrected chi connectivity index (χ2v) is 6.22. The van der Waals surface area contributed by atoms with Crippen molar-refractivity contribution in [3.05, 3.63) is 20.9 Å². The zero-order valence-corrected chi connectivity index (χ0v) is 12.8. The highest BCUT2D eigenvalue weighted by Gasteiger charge is 2.05. The van der Waals surface area contributed by atoms with Crippen LogP contribution in [0.3, 0.4) is 0 Å². The summed E-state index contributed by atoms with van der Waals surface area (Å²) in [6.07, 6.45) is 4.91. The van der Waals surface area contributed by atoms with Gasteiger partial charge in [0.1, 0.15) is 0 Å². The molecule has 0 aromatic heterocycles. The van der Waals surface area contributed by atoms with Gasteiger partial charge in [-0.05, 0) is 36.7 Å². The van der Waals surface area contributed by atoms with E-state index in [1.54, 1.807) is 0 Å². The minimum Gasteiger partial charge on any atom is -0.215 e. The zero-order valence-electron chi connectivity index (χ0n) is 12.0. The third kappa shape index (κ3) is 14.4. The van der Waals surface area contributed by atoms with Crippen molar-refractivity contribution in [3.63, 3.8) is 0 Å². The lowest BCUT2D eigenvalue weighted by atomic mass is 10.2. The maximum absolute atomic E-state index is 11.6. The van der Waals surface area contributed by atoms with E-state index in [1.165, 1.54) is 0 Å². The first-order valence-electron chi connectivity index (χ1n) is 6.86. The molecule has 0 aromatic carbocycles. The minimum absolute atomic E-state index is 0.0697. The van der Waals surface area contributed by atoms with E-state index in [1.807, 2.05) is 0 Å². The topological polar surface area (TPSA) is 132 Å². The SMILES string of the molecule is [N-]=[N+]=NCCCCC#CS(=O)(=O)CCCCCCN=[N+]=[N-]. The van der Waals surface area contributed by atoms with E-state index in [-0.39, 0.29) is 5.75 Å². The first-order valence-corrected chi connectivity index (χ1v) is 8.51. The summed E-state index contributed by atoms with van der Waals surface area (Å²) in [7, 11) is -3.30. The molecule has 0 saturated carbocycles. The minimum atomic E-state index is -3.30. The fourth-order valence-corrected chi connectivity index (χ4v) is 2.53. The smallest absolute Gasteiger partial charge is 0.215 e. The van der Waals surface area contributed by atoms with Crippen LogP contribution in [-0.4, -0.2) is 27.3 Å². The Morgan fingerprint density at radius 2 is 1.43 bits per heavy atom. The standard InChI is InChI=1S/C12H20N6O2S/c13-17-15-9-5-1-3-7-11-21(19,20)12-8-4-2-6-10-16-18-14/h1-7,9-11H2.